The number of aryl methyl sites for hydroxylation is 2. The van der Waals surface area contributed by atoms with E-state index < -0.39 is 0 Å². The standard InChI is InChI=1S/C26H29BrOS/c1-2-3-6-19-10-11-20-17-21(12-14-23(20)26(19)28)25-18(13-15-24(25)27)7-4-8-22-9-5-16-29-22/h5,9-12,14-18,25,28H,2-4,6-8,13H2,1H3/t18-,25?/m0/s1. The Morgan fingerprint density at radius 3 is 2.79 bits per heavy atom. The Hall–Kier alpha value is -1.58. The highest BCUT2D eigenvalue weighted by atomic mass is 79.9. The van der Waals surface area contributed by atoms with Crippen molar-refractivity contribution < 1.29 is 5.11 Å². The van der Waals surface area contributed by atoms with Gasteiger partial charge in [-0.05, 0) is 76.9 Å². The number of benzene rings is 2. The number of unbranched alkanes of at least 4 members (excludes halogenated alkanes) is 1. The molecule has 152 valence electrons. The summed E-state index contributed by atoms with van der Waals surface area (Å²) in [5.74, 6) is 1.56. The summed E-state index contributed by atoms with van der Waals surface area (Å²) < 4.78 is 1.32. The summed E-state index contributed by atoms with van der Waals surface area (Å²) in [6.07, 6.45) is 10.4. The first-order valence-corrected chi connectivity index (χ1v) is 12.5. The molecule has 1 N–H and O–H groups in total. The van der Waals surface area contributed by atoms with Crippen LogP contribution in [-0.4, -0.2) is 5.11 Å². The summed E-state index contributed by atoms with van der Waals surface area (Å²) in [6, 6.07) is 15.3. The SMILES string of the molecule is CCCCc1ccc2cc(C3C(Br)=CC[C@@H]3CCCc3cccs3)ccc2c1O. The van der Waals surface area contributed by atoms with Crippen molar-refractivity contribution in [2.45, 2.75) is 57.8 Å². The van der Waals surface area contributed by atoms with Gasteiger partial charge in [-0.15, -0.1) is 11.3 Å². The first-order valence-electron chi connectivity index (χ1n) is 10.8. The molecule has 29 heavy (non-hydrogen) atoms. The number of aromatic hydroxyl groups is 1. The second kappa shape index (κ2) is 9.49. The van der Waals surface area contributed by atoms with Gasteiger partial charge >= 0.3 is 0 Å². The van der Waals surface area contributed by atoms with Crippen molar-refractivity contribution in [3.63, 3.8) is 0 Å². The van der Waals surface area contributed by atoms with Crippen molar-refractivity contribution in [2.75, 3.05) is 0 Å². The summed E-state index contributed by atoms with van der Waals surface area (Å²) in [5.41, 5.74) is 2.43. The molecule has 3 heteroatoms. The molecule has 0 aliphatic heterocycles. The molecule has 1 aliphatic carbocycles. The summed E-state index contributed by atoms with van der Waals surface area (Å²) in [5, 5.41) is 15.0. The molecular weight excluding hydrogens is 440 g/mol. The fourth-order valence-corrected chi connectivity index (χ4v) is 6.18. The van der Waals surface area contributed by atoms with Crippen molar-refractivity contribution in [3.8, 4) is 5.75 Å². The summed E-state index contributed by atoms with van der Waals surface area (Å²) in [6.45, 7) is 2.19. The first kappa shape index (κ1) is 20.7. The van der Waals surface area contributed by atoms with Gasteiger partial charge in [0.25, 0.3) is 0 Å². The average Bonchev–Trinajstić information content (AvgIpc) is 3.37. The van der Waals surface area contributed by atoms with E-state index in [1.165, 1.54) is 34.2 Å². The van der Waals surface area contributed by atoms with E-state index in [-0.39, 0.29) is 0 Å². The quantitative estimate of drug-likeness (QED) is 0.351. The lowest BCUT2D eigenvalue weighted by Crippen LogP contribution is -2.09. The molecule has 1 nitrogen and oxygen atoms in total. The first-order chi connectivity index (χ1) is 14.2. The molecule has 3 aromatic rings. The van der Waals surface area contributed by atoms with Crippen LogP contribution in [-0.2, 0) is 12.8 Å². The number of halogens is 1. The molecule has 0 amide bonds. The minimum Gasteiger partial charge on any atom is -0.507 e. The van der Waals surface area contributed by atoms with Gasteiger partial charge in [0, 0.05) is 16.2 Å². The summed E-state index contributed by atoms with van der Waals surface area (Å²) in [4.78, 5) is 1.49. The molecule has 1 aromatic heterocycles. The van der Waals surface area contributed by atoms with Gasteiger partial charge in [-0.1, -0.05) is 71.7 Å². The van der Waals surface area contributed by atoms with E-state index in [0.717, 1.165) is 42.0 Å². The highest BCUT2D eigenvalue weighted by Crippen LogP contribution is 2.46. The average molecular weight is 469 g/mol. The van der Waals surface area contributed by atoms with Gasteiger partial charge < -0.3 is 5.11 Å². The third-order valence-corrected chi connectivity index (χ3v) is 7.97. The third kappa shape index (κ3) is 4.62. The van der Waals surface area contributed by atoms with Gasteiger partial charge in [0.2, 0.25) is 0 Å². The van der Waals surface area contributed by atoms with Gasteiger partial charge in [0.1, 0.15) is 5.75 Å². The second-order valence-electron chi connectivity index (χ2n) is 8.19. The number of phenolic OH excluding ortho intramolecular Hbond substituents is 1. The Balaban J connectivity index is 1.52. The van der Waals surface area contributed by atoms with Crippen LogP contribution in [0.5, 0.6) is 5.75 Å². The van der Waals surface area contributed by atoms with E-state index in [0.29, 0.717) is 17.6 Å². The minimum atomic E-state index is 0.435. The van der Waals surface area contributed by atoms with Crippen molar-refractivity contribution in [2.24, 2.45) is 5.92 Å². The van der Waals surface area contributed by atoms with Crippen LogP contribution >= 0.6 is 27.3 Å². The largest absolute Gasteiger partial charge is 0.507 e. The van der Waals surface area contributed by atoms with Crippen molar-refractivity contribution in [3.05, 3.63) is 74.4 Å². The van der Waals surface area contributed by atoms with Crippen LogP contribution in [0.2, 0.25) is 0 Å². The predicted molar refractivity (Wildman–Crippen MR) is 129 cm³/mol. The Morgan fingerprint density at radius 2 is 2.00 bits per heavy atom. The van der Waals surface area contributed by atoms with E-state index in [1.54, 1.807) is 0 Å². The van der Waals surface area contributed by atoms with Crippen LogP contribution in [0.4, 0.5) is 0 Å². The number of phenols is 1. The maximum atomic E-state index is 10.7. The van der Waals surface area contributed by atoms with Crippen LogP contribution in [0.1, 0.15) is 60.9 Å². The number of allylic oxidation sites excluding steroid dienone is 2. The van der Waals surface area contributed by atoms with Crippen LogP contribution in [0.3, 0.4) is 0 Å². The zero-order valence-electron chi connectivity index (χ0n) is 17.0. The number of hydrogen-bond acceptors (Lipinski definition) is 2. The zero-order valence-corrected chi connectivity index (χ0v) is 19.4. The monoisotopic (exact) mass is 468 g/mol. The predicted octanol–water partition coefficient (Wildman–Crippen LogP) is 8.35. The molecule has 1 aliphatic rings. The Morgan fingerprint density at radius 1 is 1.10 bits per heavy atom. The Kier molecular flexibility index (Phi) is 6.77. The lowest BCUT2D eigenvalue weighted by Gasteiger charge is -2.22. The van der Waals surface area contributed by atoms with Gasteiger partial charge in [-0.3, -0.25) is 0 Å². The van der Waals surface area contributed by atoms with E-state index in [1.807, 2.05) is 11.3 Å². The molecule has 2 atom stereocenters. The lowest BCUT2D eigenvalue weighted by atomic mass is 9.84. The van der Waals surface area contributed by atoms with Crippen LogP contribution in [0.25, 0.3) is 10.8 Å². The molecule has 0 saturated carbocycles. The van der Waals surface area contributed by atoms with Crippen LogP contribution in [0.15, 0.2) is 58.4 Å². The molecular formula is C26H29BrOS. The van der Waals surface area contributed by atoms with Gasteiger partial charge in [-0.25, -0.2) is 0 Å². The molecule has 2 aromatic carbocycles. The normalized spacial score (nSPS) is 19.0. The molecule has 0 fully saturated rings. The fraction of sp³-hybridized carbons (Fsp3) is 0.385. The van der Waals surface area contributed by atoms with Crippen molar-refractivity contribution >= 4 is 38.0 Å². The number of thiophene rings is 1. The number of fused-ring (bicyclic) bond motifs is 1. The maximum absolute atomic E-state index is 10.7. The van der Waals surface area contributed by atoms with E-state index in [4.69, 9.17) is 0 Å². The van der Waals surface area contributed by atoms with E-state index in [9.17, 15) is 5.11 Å². The topological polar surface area (TPSA) is 20.2 Å². The maximum Gasteiger partial charge on any atom is 0.126 e. The molecule has 4 rings (SSSR count). The van der Waals surface area contributed by atoms with Gasteiger partial charge in [-0.2, -0.15) is 0 Å². The molecule has 1 unspecified atom stereocenters. The number of rotatable bonds is 8. The van der Waals surface area contributed by atoms with Gasteiger partial charge in [0.05, 0.1) is 0 Å². The molecule has 0 bridgehead atoms. The Bertz CT molecular complexity index is 989. The van der Waals surface area contributed by atoms with E-state index in [2.05, 4.69) is 76.8 Å². The lowest BCUT2D eigenvalue weighted by molar-refractivity contribution is 0.454. The highest BCUT2D eigenvalue weighted by Gasteiger charge is 2.29. The molecule has 0 spiro atoms. The van der Waals surface area contributed by atoms with E-state index >= 15 is 0 Å². The van der Waals surface area contributed by atoms with Crippen molar-refractivity contribution in [1.82, 2.24) is 0 Å². The minimum absolute atomic E-state index is 0.435. The summed E-state index contributed by atoms with van der Waals surface area (Å²) in [7, 11) is 0. The fourth-order valence-electron chi connectivity index (χ4n) is 4.60. The summed E-state index contributed by atoms with van der Waals surface area (Å²) >= 11 is 5.71. The van der Waals surface area contributed by atoms with Gasteiger partial charge in [0.15, 0.2) is 0 Å². The van der Waals surface area contributed by atoms with Crippen molar-refractivity contribution in [1.29, 1.82) is 0 Å². The highest BCUT2D eigenvalue weighted by molar-refractivity contribution is 9.11. The zero-order chi connectivity index (χ0) is 20.2. The Labute approximate surface area is 186 Å². The third-order valence-electron chi connectivity index (χ3n) is 6.22. The number of hydrogen-bond donors (Lipinski definition) is 1. The molecule has 0 radical (unpaired) electrons. The van der Waals surface area contributed by atoms with Crippen LogP contribution in [0, 0.1) is 5.92 Å². The van der Waals surface area contributed by atoms with Crippen LogP contribution < -0.4 is 0 Å². The second-order valence-corrected chi connectivity index (χ2v) is 10.1. The molecule has 1 heterocycles. The molecule has 0 saturated heterocycles. The smallest absolute Gasteiger partial charge is 0.126 e.